The lowest BCUT2D eigenvalue weighted by Gasteiger charge is -2.32. The van der Waals surface area contributed by atoms with Crippen LogP contribution in [0.25, 0.3) is 0 Å². The molecule has 0 heterocycles. The summed E-state index contributed by atoms with van der Waals surface area (Å²) in [6.07, 6.45) is 6.21. The van der Waals surface area contributed by atoms with Crippen LogP contribution in [0.1, 0.15) is 46.0 Å². The molecule has 1 aliphatic carbocycles. The van der Waals surface area contributed by atoms with Crippen molar-refractivity contribution in [1.82, 2.24) is 0 Å². The lowest BCUT2D eigenvalue weighted by Crippen LogP contribution is -2.27. The molecule has 0 spiro atoms. The molecular formula is C12H20O2. The van der Waals surface area contributed by atoms with Crippen molar-refractivity contribution in [3.63, 3.8) is 0 Å². The van der Waals surface area contributed by atoms with Gasteiger partial charge in [-0.1, -0.05) is 32.8 Å². The Hall–Kier alpha value is -0.790. The standard InChI is InChI=1S/C12H20O2/c1-10(2)11(13)14-9-12(3)7-5-4-6-8-12/h1,4-9H2,2-3H3. The normalized spacial score (nSPS) is 20.1. The molecular weight excluding hydrogens is 176 g/mol. The van der Waals surface area contributed by atoms with E-state index in [1.54, 1.807) is 6.92 Å². The molecule has 0 N–H and O–H groups in total. The summed E-state index contributed by atoms with van der Waals surface area (Å²) in [6, 6.07) is 0. The van der Waals surface area contributed by atoms with E-state index < -0.39 is 0 Å². The maximum atomic E-state index is 11.2. The van der Waals surface area contributed by atoms with Gasteiger partial charge in [0, 0.05) is 11.0 Å². The van der Waals surface area contributed by atoms with E-state index in [0.717, 1.165) is 0 Å². The molecule has 0 amide bonds. The predicted molar refractivity (Wildman–Crippen MR) is 57.0 cm³/mol. The summed E-state index contributed by atoms with van der Waals surface area (Å²) < 4.78 is 5.21. The van der Waals surface area contributed by atoms with Crippen molar-refractivity contribution in [1.29, 1.82) is 0 Å². The van der Waals surface area contributed by atoms with Crippen LogP contribution in [0, 0.1) is 5.41 Å². The van der Waals surface area contributed by atoms with Gasteiger partial charge in [-0.3, -0.25) is 0 Å². The van der Waals surface area contributed by atoms with E-state index in [-0.39, 0.29) is 11.4 Å². The fraction of sp³-hybridized carbons (Fsp3) is 0.750. The van der Waals surface area contributed by atoms with E-state index >= 15 is 0 Å². The van der Waals surface area contributed by atoms with Gasteiger partial charge in [0.05, 0.1) is 6.61 Å². The highest BCUT2D eigenvalue weighted by Gasteiger charge is 2.28. The van der Waals surface area contributed by atoms with Gasteiger partial charge in [-0.2, -0.15) is 0 Å². The van der Waals surface area contributed by atoms with Crippen molar-refractivity contribution in [2.75, 3.05) is 6.61 Å². The Morgan fingerprint density at radius 1 is 1.36 bits per heavy atom. The summed E-state index contributed by atoms with van der Waals surface area (Å²) in [7, 11) is 0. The monoisotopic (exact) mass is 196 g/mol. The summed E-state index contributed by atoms with van der Waals surface area (Å²) in [5.74, 6) is -0.253. The predicted octanol–water partition coefficient (Wildman–Crippen LogP) is 3.08. The van der Waals surface area contributed by atoms with Crippen molar-refractivity contribution in [2.45, 2.75) is 46.0 Å². The third-order valence-electron chi connectivity index (χ3n) is 2.96. The van der Waals surface area contributed by atoms with Gasteiger partial charge in [0.25, 0.3) is 0 Å². The van der Waals surface area contributed by atoms with Gasteiger partial charge in [-0.15, -0.1) is 0 Å². The molecule has 1 saturated carbocycles. The third kappa shape index (κ3) is 3.17. The van der Waals surface area contributed by atoms with Crippen molar-refractivity contribution in [3.8, 4) is 0 Å². The van der Waals surface area contributed by atoms with E-state index in [9.17, 15) is 4.79 Å². The van der Waals surface area contributed by atoms with Gasteiger partial charge >= 0.3 is 5.97 Å². The number of carbonyl (C=O) groups excluding carboxylic acids is 1. The minimum Gasteiger partial charge on any atom is -0.462 e. The minimum absolute atomic E-state index is 0.212. The molecule has 2 nitrogen and oxygen atoms in total. The number of hydrogen-bond acceptors (Lipinski definition) is 2. The molecule has 1 aliphatic rings. The third-order valence-corrected chi connectivity index (χ3v) is 2.96. The molecule has 14 heavy (non-hydrogen) atoms. The topological polar surface area (TPSA) is 26.3 Å². The van der Waals surface area contributed by atoms with Crippen LogP contribution in [0.4, 0.5) is 0 Å². The average molecular weight is 196 g/mol. The molecule has 0 radical (unpaired) electrons. The van der Waals surface area contributed by atoms with E-state index in [2.05, 4.69) is 13.5 Å². The maximum Gasteiger partial charge on any atom is 0.333 e. The highest BCUT2D eigenvalue weighted by Crippen LogP contribution is 2.35. The number of esters is 1. The Bertz CT molecular complexity index is 224. The van der Waals surface area contributed by atoms with E-state index in [4.69, 9.17) is 4.74 Å². The van der Waals surface area contributed by atoms with E-state index in [0.29, 0.717) is 12.2 Å². The lowest BCUT2D eigenvalue weighted by atomic mass is 9.76. The van der Waals surface area contributed by atoms with Crippen LogP contribution in [0.2, 0.25) is 0 Å². The fourth-order valence-electron chi connectivity index (χ4n) is 1.91. The molecule has 1 rings (SSSR count). The Balaban J connectivity index is 2.35. The Kier molecular flexibility index (Phi) is 3.73. The van der Waals surface area contributed by atoms with Crippen LogP contribution < -0.4 is 0 Å². The molecule has 0 aromatic carbocycles. The Morgan fingerprint density at radius 3 is 2.43 bits per heavy atom. The zero-order valence-electron chi connectivity index (χ0n) is 9.27. The van der Waals surface area contributed by atoms with Crippen molar-refractivity contribution in [2.24, 2.45) is 5.41 Å². The zero-order chi connectivity index (χ0) is 10.6. The van der Waals surface area contributed by atoms with Crippen molar-refractivity contribution < 1.29 is 9.53 Å². The summed E-state index contributed by atoms with van der Waals surface area (Å²) in [5, 5.41) is 0. The Labute approximate surface area is 86.3 Å². The molecule has 1 fully saturated rings. The number of ether oxygens (including phenoxy) is 1. The summed E-state index contributed by atoms with van der Waals surface area (Å²) >= 11 is 0. The SMILES string of the molecule is C=C(C)C(=O)OCC1(C)CCCCC1. The molecule has 0 unspecified atom stereocenters. The van der Waals surface area contributed by atoms with E-state index in [1.807, 2.05) is 0 Å². The smallest absolute Gasteiger partial charge is 0.333 e. The zero-order valence-corrected chi connectivity index (χ0v) is 9.27. The van der Waals surface area contributed by atoms with Gasteiger partial charge in [-0.05, 0) is 19.8 Å². The highest BCUT2D eigenvalue weighted by atomic mass is 16.5. The van der Waals surface area contributed by atoms with Gasteiger partial charge in [-0.25, -0.2) is 4.79 Å². The number of rotatable bonds is 3. The number of carbonyl (C=O) groups is 1. The second-order valence-electron chi connectivity index (χ2n) is 4.73. The highest BCUT2D eigenvalue weighted by molar-refractivity contribution is 5.86. The maximum absolute atomic E-state index is 11.2. The quantitative estimate of drug-likeness (QED) is 0.512. The molecule has 0 saturated heterocycles. The van der Waals surface area contributed by atoms with Crippen molar-refractivity contribution in [3.05, 3.63) is 12.2 Å². The van der Waals surface area contributed by atoms with Gasteiger partial charge in [0.1, 0.15) is 0 Å². The minimum atomic E-state index is -0.253. The first kappa shape index (κ1) is 11.3. The summed E-state index contributed by atoms with van der Waals surface area (Å²) in [6.45, 7) is 8.01. The molecule has 80 valence electrons. The van der Waals surface area contributed by atoms with Gasteiger partial charge in [0.15, 0.2) is 0 Å². The Morgan fingerprint density at radius 2 is 1.93 bits per heavy atom. The summed E-state index contributed by atoms with van der Waals surface area (Å²) in [4.78, 5) is 11.2. The van der Waals surface area contributed by atoms with Crippen LogP contribution in [-0.2, 0) is 9.53 Å². The van der Waals surface area contributed by atoms with Gasteiger partial charge < -0.3 is 4.74 Å². The molecule has 0 aliphatic heterocycles. The summed E-state index contributed by atoms with van der Waals surface area (Å²) in [5.41, 5.74) is 0.702. The fourth-order valence-corrected chi connectivity index (χ4v) is 1.91. The number of hydrogen-bond donors (Lipinski definition) is 0. The largest absolute Gasteiger partial charge is 0.462 e. The van der Waals surface area contributed by atoms with Crippen LogP contribution in [0.3, 0.4) is 0 Å². The van der Waals surface area contributed by atoms with Crippen LogP contribution in [-0.4, -0.2) is 12.6 Å². The van der Waals surface area contributed by atoms with Gasteiger partial charge in [0.2, 0.25) is 0 Å². The molecule has 2 heteroatoms. The first-order valence-corrected chi connectivity index (χ1v) is 5.36. The van der Waals surface area contributed by atoms with Crippen LogP contribution >= 0.6 is 0 Å². The molecule has 0 aromatic heterocycles. The molecule has 0 aromatic rings. The van der Waals surface area contributed by atoms with Crippen LogP contribution in [0.5, 0.6) is 0 Å². The first-order valence-electron chi connectivity index (χ1n) is 5.36. The molecule has 0 bridgehead atoms. The second kappa shape index (κ2) is 4.63. The van der Waals surface area contributed by atoms with Crippen LogP contribution in [0.15, 0.2) is 12.2 Å². The first-order chi connectivity index (χ1) is 6.53. The van der Waals surface area contributed by atoms with E-state index in [1.165, 1.54) is 32.1 Å². The molecule has 0 atom stereocenters. The average Bonchev–Trinajstić information content (AvgIpc) is 2.15. The lowest BCUT2D eigenvalue weighted by molar-refractivity contribution is -0.142. The second-order valence-corrected chi connectivity index (χ2v) is 4.73. The van der Waals surface area contributed by atoms with Crippen molar-refractivity contribution >= 4 is 5.97 Å².